The van der Waals surface area contributed by atoms with Gasteiger partial charge in [0.15, 0.2) is 0 Å². The molecule has 0 aliphatic carbocycles. The molecule has 3 nitrogen and oxygen atoms in total. The zero-order valence-electron chi connectivity index (χ0n) is 14.9. The van der Waals surface area contributed by atoms with E-state index in [0.29, 0.717) is 12.0 Å². The molecule has 1 aromatic heterocycles. The minimum Gasteiger partial charge on any atom is -0.357 e. The summed E-state index contributed by atoms with van der Waals surface area (Å²) in [5.41, 5.74) is 6.20. The van der Waals surface area contributed by atoms with Crippen LogP contribution in [0.5, 0.6) is 0 Å². The van der Waals surface area contributed by atoms with E-state index >= 15 is 0 Å². The van der Waals surface area contributed by atoms with E-state index in [9.17, 15) is 0 Å². The Morgan fingerprint density at radius 1 is 1.33 bits per heavy atom. The highest BCUT2D eigenvalue weighted by Gasteiger charge is 2.26. The van der Waals surface area contributed by atoms with Gasteiger partial charge in [0.05, 0.1) is 11.2 Å². The molecule has 1 aromatic carbocycles. The molecule has 24 heavy (non-hydrogen) atoms. The normalized spacial score (nSPS) is 20.7. The van der Waals surface area contributed by atoms with Crippen LogP contribution in [-0.2, 0) is 13.0 Å². The van der Waals surface area contributed by atoms with Gasteiger partial charge in [0.2, 0.25) is 0 Å². The summed E-state index contributed by atoms with van der Waals surface area (Å²) in [6, 6.07) is 5.51. The lowest BCUT2D eigenvalue weighted by molar-refractivity contribution is 0.624. The van der Waals surface area contributed by atoms with Crippen LogP contribution in [-0.4, -0.2) is 18.1 Å². The fraction of sp³-hybridized carbons (Fsp3) is 0.550. The average Bonchev–Trinajstić information content (AvgIpc) is 3.24. The Bertz CT molecular complexity index is 728. The predicted octanol–water partition coefficient (Wildman–Crippen LogP) is 4.56. The summed E-state index contributed by atoms with van der Waals surface area (Å²) >= 11 is 1.81. The first-order valence-corrected chi connectivity index (χ1v) is 10.00. The summed E-state index contributed by atoms with van der Waals surface area (Å²) in [5, 5.41) is 6.18. The zero-order chi connectivity index (χ0) is 16.7. The van der Waals surface area contributed by atoms with Gasteiger partial charge >= 0.3 is 0 Å². The van der Waals surface area contributed by atoms with Gasteiger partial charge in [-0.15, -0.1) is 11.3 Å². The van der Waals surface area contributed by atoms with Crippen LogP contribution in [0.3, 0.4) is 0 Å². The third-order valence-corrected chi connectivity index (χ3v) is 6.39. The molecule has 0 spiro atoms. The summed E-state index contributed by atoms with van der Waals surface area (Å²) < 4.78 is 0. The highest BCUT2D eigenvalue weighted by atomic mass is 32.1. The minimum atomic E-state index is 0.564. The van der Waals surface area contributed by atoms with Gasteiger partial charge in [-0.3, -0.25) is 0 Å². The van der Waals surface area contributed by atoms with E-state index in [1.807, 2.05) is 17.5 Å². The molecular weight excluding hydrogens is 314 g/mol. The Morgan fingerprint density at radius 3 is 2.88 bits per heavy atom. The lowest BCUT2D eigenvalue weighted by atomic mass is 9.86. The molecule has 4 rings (SSSR count). The van der Waals surface area contributed by atoms with E-state index in [2.05, 4.69) is 48.1 Å². The zero-order valence-corrected chi connectivity index (χ0v) is 15.7. The van der Waals surface area contributed by atoms with Crippen LogP contribution in [0.4, 0.5) is 5.00 Å². The third kappa shape index (κ3) is 2.98. The molecule has 1 saturated heterocycles. The largest absolute Gasteiger partial charge is 0.357 e. The van der Waals surface area contributed by atoms with Gasteiger partial charge in [-0.05, 0) is 60.9 Å². The number of aromatic nitrogens is 1. The molecule has 1 atom stereocenters. The topological polar surface area (TPSA) is 28.2 Å². The number of hydrogen-bond donors (Lipinski definition) is 1. The quantitative estimate of drug-likeness (QED) is 0.887. The van der Waals surface area contributed by atoms with E-state index in [4.69, 9.17) is 0 Å². The molecule has 0 bridgehead atoms. The van der Waals surface area contributed by atoms with Crippen molar-refractivity contribution >= 4 is 16.3 Å². The first-order valence-electron chi connectivity index (χ1n) is 9.18. The maximum atomic E-state index is 4.44. The van der Waals surface area contributed by atoms with Crippen LogP contribution in [0.2, 0.25) is 0 Å². The summed E-state index contributed by atoms with van der Waals surface area (Å²) in [7, 11) is 0. The Balaban J connectivity index is 1.71. The molecule has 0 radical (unpaired) electrons. The number of anilines is 1. The molecular formula is C20H27N3S. The van der Waals surface area contributed by atoms with Crippen molar-refractivity contribution in [2.24, 2.45) is 0 Å². The number of benzene rings is 1. The van der Waals surface area contributed by atoms with E-state index < -0.39 is 0 Å². The number of fused-ring (bicyclic) bond motifs is 1. The third-order valence-electron chi connectivity index (χ3n) is 5.42. The fourth-order valence-corrected chi connectivity index (χ4v) is 4.84. The summed E-state index contributed by atoms with van der Waals surface area (Å²) in [4.78, 5) is 6.94. The van der Waals surface area contributed by atoms with Crippen molar-refractivity contribution < 1.29 is 0 Å². The van der Waals surface area contributed by atoms with Crippen molar-refractivity contribution in [1.82, 2.24) is 10.3 Å². The molecule has 0 amide bonds. The SMILES string of the molecule is Cc1ncc(N2CCc3c(cc(C(C)C)cc3[C@@H]3CCCN3)C2)s1. The molecule has 1 N–H and O–H groups in total. The molecule has 2 aliphatic heterocycles. The van der Waals surface area contributed by atoms with Crippen molar-refractivity contribution in [3.63, 3.8) is 0 Å². The van der Waals surface area contributed by atoms with E-state index in [-0.39, 0.29) is 0 Å². The van der Waals surface area contributed by atoms with Gasteiger partial charge < -0.3 is 10.2 Å². The second kappa shape index (κ2) is 6.49. The Hall–Kier alpha value is -1.39. The predicted molar refractivity (Wildman–Crippen MR) is 102 cm³/mol. The van der Waals surface area contributed by atoms with Crippen molar-refractivity contribution in [3.8, 4) is 0 Å². The smallest absolute Gasteiger partial charge is 0.112 e. The lowest BCUT2D eigenvalue weighted by Crippen LogP contribution is -2.31. The Kier molecular flexibility index (Phi) is 4.35. The molecule has 4 heteroatoms. The molecule has 0 unspecified atom stereocenters. The number of aryl methyl sites for hydroxylation is 1. The van der Waals surface area contributed by atoms with Crippen LogP contribution in [0.1, 0.15) is 65.9 Å². The molecule has 2 aromatic rings. The fourth-order valence-electron chi connectivity index (χ4n) is 4.04. The van der Waals surface area contributed by atoms with E-state index in [0.717, 1.165) is 31.1 Å². The van der Waals surface area contributed by atoms with Gasteiger partial charge in [-0.1, -0.05) is 26.0 Å². The highest BCUT2D eigenvalue weighted by Crippen LogP contribution is 2.36. The highest BCUT2D eigenvalue weighted by molar-refractivity contribution is 7.15. The first kappa shape index (κ1) is 16.1. The van der Waals surface area contributed by atoms with Crippen LogP contribution in [0.25, 0.3) is 0 Å². The first-order chi connectivity index (χ1) is 11.6. The maximum absolute atomic E-state index is 4.44. The number of hydrogen-bond acceptors (Lipinski definition) is 4. The summed E-state index contributed by atoms with van der Waals surface area (Å²) in [5.74, 6) is 0.580. The van der Waals surface area contributed by atoms with Gasteiger partial charge in [-0.2, -0.15) is 0 Å². The number of rotatable bonds is 3. The van der Waals surface area contributed by atoms with Gasteiger partial charge in [0, 0.05) is 19.1 Å². The molecule has 0 saturated carbocycles. The van der Waals surface area contributed by atoms with Crippen molar-refractivity contribution in [1.29, 1.82) is 0 Å². The van der Waals surface area contributed by atoms with Crippen LogP contribution < -0.4 is 10.2 Å². The van der Waals surface area contributed by atoms with Crippen molar-refractivity contribution in [3.05, 3.63) is 45.6 Å². The number of thiazole rings is 1. The number of nitrogens with zero attached hydrogens (tertiary/aromatic N) is 2. The molecule has 2 aliphatic rings. The summed E-state index contributed by atoms with van der Waals surface area (Å²) in [6.45, 7) is 10.00. The van der Waals surface area contributed by atoms with Crippen molar-refractivity contribution in [2.45, 2.75) is 58.5 Å². The van der Waals surface area contributed by atoms with Crippen molar-refractivity contribution in [2.75, 3.05) is 18.0 Å². The number of nitrogens with one attached hydrogen (secondary N) is 1. The van der Waals surface area contributed by atoms with E-state index in [1.54, 1.807) is 11.1 Å². The van der Waals surface area contributed by atoms with Crippen LogP contribution in [0, 0.1) is 6.92 Å². The standard InChI is InChI=1S/C20H27N3S/c1-13(2)15-9-16-12-23(20-11-22-14(3)24-20)8-6-17(16)18(10-15)19-5-4-7-21-19/h9-11,13,19,21H,4-8,12H2,1-3H3/t19-/m0/s1. The van der Waals surface area contributed by atoms with Crippen LogP contribution >= 0.6 is 11.3 Å². The van der Waals surface area contributed by atoms with Gasteiger partial charge in [-0.25, -0.2) is 4.98 Å². The Morgan fingerprint density at radius 2 is 2.21 bits per heavy atom. The Labute approximate surface area is 149 Å². The van der Waals surface area contributed by atoms with E-state index in [1.165, 1.54) is 29.0 Å². The second-order valence-electron chi connectivity index (χ2n) is 7.44. The summed E-state index contributed by atoms with van der Waals surface area (Å²) in [6.07, 6.45) is 5.78. The monoisotopic (exact) mass is 341 g/mol. The maximum Gasteiger partial charge on any atom is 0.112 e. The minimum absolute atomic E-state index is 0.564. The van der Waals surface area contributed by atoms with Gasteiger partial charge in [0.1, 0.15) is 5.00 Å². The molecule has 1 fully saturated rings. The second-order valence-corrected chi connectivity index (χ2v) is 8.65. The molecule has 3 heterocycles. The van der Waals surface area contributed by atoms with Crippen LogP contribution in [0.15, 0.2) is 18.3 Å². The average molecular weight is 342 g/mol. The molecule has 128 valence electrons. The van der Waals surface area contributed by atoms with Gasteiger partial charge in [0.25, 0.3) is 0 Å². The lowest BCUT2D eigenvalue weighted by Gasteiger charge is -2.32.